The van der Waals surface area contributed by atoms with Crippen molar-refractivity contribution in [3.8, 4) is 0 Å². The third kappa shape index (κ3) is 3.13. The Hall–Kier alpha value is -2.37. The summed E-state index contributed by atoms with van der Waals surface area (Å²) in [4.78, 5) is 11.4. The lowest BCUT2D eigenvalue weighted by molar-refractivity contribution is 0.101. The molecule has 0 aromatic heterocycles. The summed E-state index contributed by atoms with van der Waals surface area (Å²) in [5.74, 6) is -0.115. The lowest BCUT2D eigenvalue weighted by atomic mass is 10.1. The predicted octanol–water partition coefficient (Wildman–Crippen LogP) is 4.50. The average Bonchev–Trinajstić information content (AvgIpc) is 2.58. The Morgan fingerprint density at radius 1 is 0.917 bits per heavy atom. The Balaban J connectivity index is 2.01. The summed E-state index contributed by atoms with van der Waals surface area (Å²) >= 11 is 6.16. The monoisotopic (exact) mass is 359 g/mol. The van der Waals surface area contributed by atoms with Crippen LogP contribution in [0.25, 0.3) is 10.8 Å². The zero-order chi connectivity index (χ0) is 17.3. The van der Waals surface area contributed by atoms with E-state index in [9.17, 15) is 13.2 Å². The van der Waals surface area contributed by atoms with Gasteiger partial charge in [0.25, 0.3) is 10.0 Å². The number of hydrogen-bond donors (Lipinski definition) is 1. The topological polar surface area (TPSA) is 63.2 Å². The quantitative estimate of drug-likeness (QED) is 0.698. The minimum absolute atomic E-state index is 0.0894. The smallest absolute Gasteiger partial charge is 0.261 e. The van der Waals surface area contributed by atoms with Crippen LogP contribution in [0.1, 0.15) is 17.3 Å². The van der Waals surface area contributed by atoms with E-state index in [0.29, 0.717) is 21.7 Å². The summed E-state index contributed by atoms with van der Waals surface area (Å²) in [5.41, 5.74) is 0.913. The van der Waals surface area contributed by atoms with Crippen LogP contribution in [0.2, 0.25) is 5.02 Å². The van der Waals surface area contributed by atoms with E-state index in [2.05, 4.69) is 4.72 Å². The fourth-order valence-corrected chi connectivity index (χ4v) is 3.73. The van der Waals surface area contributed by atoms with Crippen LogP contribution < -0.4 is 4.72 Å². The zero-order valence-corrected chi connectivity index (χ0v) is 14.4. The van der Waals surface area contributed by atoms with Gasteiger partial charge in [-0.3, -0.25) is 9.52 Å². The van der Waals surface area contributed by atoms with Crippen molar-refractivity contribution < 1.29 is 13.2 Å². The maximum Gasteiger partial charge on any atom is 0.261 e. The summed E-state index contributed by atoms with van der Waals surface area (Å²) in [6.45, 7) is 1.43. The molecule has 0 amide bonds. The van der Waals surface area contributed by atoms with Crippen molar-refractivity contribution in [2.24, 2.45) is 0 Å². The number of hydrogen-bond acceptors (Lipinski definition) is 3. The number of carbonyl (C=O) groups is 1. The minimum atomic E-state index is -3.76. The number of Topliss-reactive ketones (excluding diaryl/α,β-unsaturated/α-hetero) is 1. The van der Waals surface area contributed by atoms with E-state index < -0.39 is 10.0 Å². The molecule has 0 radical (unpaired) electrons. The molecule has 4 nitrogen and oxygen atoms in total. The molecule has 3 aromatic rings. The molecule has 6 heteroatoms. The highest BCUT2D eigenvalue weighted by molar-refractivity contribution is 7.92. The molecule has 0 aliphatic carbocycles. The number of halogens is 1. The van der Waals surface area contributed by atoms with Crippen LogP contribution in [-0.4, -0.2) is 14.2 Å². The minimum Gasteiger partial charge on any atom is -0.295 e. The highest BCUT2D eigenvalue weighted by Gasteiger charge is 2.16. The van der Waals surface area contributed by atoms with Crippen LogP contribution >= 0.6 is 11.6 Å². The van der Waals surface area contributed by atoms with Crippen molar-refractivity contribution in [1.82, 2.24) is 0 Å². The first-order chi connectivity index (χ1) is 11.4. The highest BCUT2D eigenvalue weighted by atomic mass is 35.5. The zero-order valence-electron chi connectivity index (χ0n) is 12.8. The van der Waals surface area contributed by atoms with E-state index >= 15 is 0 Å². The van der Waals surface area contributed by atoms with E-state index in [4.69, 9.17) is 11.6 Å². The fourth-order valence-electron chi connectivity index (χ4n) is 2.42. The van der Waals surface area contributed by atoms with Gasteiger partial charge in [0, 0.05) is 21.4 Å². The Labute approximate surface area is 145 Å². The number of carbonyl (C=O) groups excluding carboxylic acids is 1. The van der Waals surface area contributed by atoms with Crippen molar-refractivity contribution in [2.45, 2.75) is 11.8 Å². The van der Waals surface area contributed by atoms with Crippen molar-refractivity contribution in [3.63, 3.8) is 0 Å². The van der Waals surface area contributed by atoms with E-state index in [0.717, 1.165) is 5.39 Å². The molecule has 0 fully saturated rings. The third-order valence-corrected chi connectivity index (χ3v) is 5.40. The molecule has 3 rings (SSSR count). The summed E-state index contributed by atoms with van der Waals surface area (Å²) in [6.07, 6.45) is 0. The van der Waals surface area contributed by atoms with Crippen molar-refractivity contribution in [1.29, 1.82) is 0 Å². The van der Waals surface area contributed by atoms with Gasteiger partial charge >= 0.3 is 0 Å². The van der Waals surface area contributed by atoms with Crippen LogP contribution in [0.15, 0.2) is 65.6 Å². The molecule has 0 heterocycles. The highest BCUT2D eigenvalue weighted by Crippen LogP contribution is 2.31. The third-order valence-electron chi connectivity index (χ3n) is 3.69. The van der Waals surface area contributed by atoms with Gasteiger partial charge in [-0.15, -0.1) is 0 Å². The molecule has 3 aromatic carbocycles. The SMILES string of the molecule is CC(=O)c1ccc(S(=O)(=O)Nc2ccc(Cl)c3ccccc23)cc1. The largest absolute Gasteiger partial charge is 0.295 e. The second-order valence-electron chi connectivity index (χ2n) is 5.33. The maximum atomic E-state index is 12.6. The molecule has 122 valence electrons. The summed E-state index contributed by atoms with van der Waals surface area (Å²) < 4.78 is 27.7. The molecule has 0 saturated heterocycles. The molecule has 24 heavy (non-hydrogen) atoms. The molecular formula is C18H14ClNO3S. The van der Waals surface area contributed by atoms with Crippen LogP contribution in [0, 0.1) is 0 Å². The standard InChI is InChI=1S/C18H14ClNO3S/c1-12(21)13-6-8-14(9-7-13)24(22,23)20-18-11-10-17(19)15-4-2-3-5-16(15)18/h2-11,20H,1H3. The molecule has 0 aliphatic rings. The van der Waals surface area contributed by atoms with Gasteiger partial charge in [-0.25, -0.2) is 8.42 Å². The molecule has 0 atom stereocenters. The van der Waals surface area contributed by atoms with Crippen LogP contribution in [0.3, 0.4) is 0 Å². The first-order valence-electron chi connectivity index (χ1n) is 7.19. The lowest BCUT2D eigenvalue weighted by Gasteiger charge is -2.12. The van der Waals surface area contributed by atoms with Crippen LogP contribution in [0.4, 0.5) is 5.69 Å². The predicted molar refractivity (Wildman–Crippen MR) is 96.2 cm³/mol. The second-order valence-corrected chi connectivity index (χ2v) is 7.42. The van der Waals surface area contributed by atoms with Crippen LogP contribution in [0.5, 0.6) is 0 Å². The normalized spacial score (nSPS) is 11.4. The lowest BCUT2D eigenvalue weighted by Crippen LogP contribution is -2.13. The van der Waals surface area contributed by atoms with Gasteiger partial charge in [-0.05, 0) is 31.2 Å². The summed E-state index contributed by atoms with van der Waals surface area (Å²) in [7, 11) is -3.76. The number of nitrogens with one attached hydrogen (secondary N) is 1. The van der Waals surface area contributed by atoms with Gasteiger partial charge in [0.05, 0.1) is 10.6 Å². The summed E-state index contributed by atoms with van der Waals surface area (Å²) in [5, 5.41) is 2.04. The second kappa shape index (κ2) is 6.26. The number of benzene rings is 3. The van der Waals surface area contributed by atoms with Gasteiger partial charge in [-0.1, -0.05) is 48.0 Å². The van der Waals surface area contributed by atoms with E-state index in [1.54, 1.807) is 18.2 Å². The van der Waals surface area contributed by atoms with E-state index in [1.807, 2.05) is 18.2 Å². The Bertz CT molecular complexity index is 1030. The Morgan fingerprint density at radius 2 is 1.54 bits per heavy atom. The molecule has 1 N–H and O–H groups in total. The Kier molecular flexibility index (Phi) is 4.30. The molecule has 0 unspecified atom stereocenters. The first-order valence-corrected chi connectivity index (χ1v) is 9.06. The van der Waals surface area contributed by atoms with Crippen LogP contribution in [-0.2, 0) is 10.0 Å². The average molecular weight is 360 g/mol. The van der Waals surface area contributed by atoms with Crippen molar-refractivity contribution in [2.75, 3.05) is 4.72 Å². The first kappa shape index (κ1) is 16.5. The molecule has 0 aliphatic heterocycles. The number of rotatable bonds is 4. The van der Waals surface area contributed by atoms with E-state index in [1.165, 1.54) is 31.2 Å². The van der Waals surface area contributed by atoms with Crippen molar-refractivity contribution in [3.05, 3.63) is 71.2 Å². The molecule has 0 spiro atoms. The molecule has 0 saturated carbocycles. The summed E-state index contributed by atoms with van der Waals surface area (Å²) in [6, 6.07) is 16.4. The number of fused-ring (bicyclic) bond motifs is 1. The molecule has 0 bridgehead atoms. The van der Waals surface area contributed by atoms with E-state index in [-0.39, 0.29) is 10.7 Å². The number of anilines is 1. The van der Waals surface area contributed by atoms with Gasteiger partial charge in [-0.2, -0.15) is 0 Å². The van der Waals surface area contributed by atoms with Gasteiger partial charge in [0.15, 0.2) is 5.78 Å². The maximum absolute atomic E-state index is 12.6. The number of sulfonamides is 1. The Morgan fingerprint density at radius 3 is 2.17 bits per heavy atom. The van der Waals surface area contributed by atoms with Crippen molar-refractivity contribution >= 4 is 43.9 Å². The van der Waals surface area contributed by atoms with Gasteiger partial charge in [0.1, 0.15) is 0 Å². The molecular weight excluding hydrogens is 346 g/mol. The number of ketones is 1. The fraction of sp³-hybridized carbons (Fsp3) is 0.0556. The van der Waals surface area contributed by atoms with Gasteiger partial charge in [0.2, 0.25) is 0 Å². The van der Waals surface area contributed by atoms with Gasteiger partial charge < -0.3 is 0 Å².